The van der Waals surface area contributed by atoms with Crippen molar-refractivity contribution in [3.05, 3.63) is 0 Å². The van der Waals surface area contributed by atoms with Gasteiger partial charge in [-0.1, -0.05) is 254 Å². The van der Waals surface area contributed by atoms with Gasteiger partial charge in [-0.05, 0) is 50.1 Å². The zero-order valence-corrected chi connectivity index (χ0v) is 39.6. The first kappa shape index (κ1) is 59.2. The summed E-state index contributed by atoms with van der Waals surface area (Å²) in [5, 5.41) is 6.89. The zero-order valence-electron chi connectivity index (χ0n) is 39.6. The lowest BCUT2D eigenvalue weighted by molar-refractivity contribution is -0.129. The molecule has 0 aromatic carbocycles. The monoisotopic (exact) mass is 796 g/mol. The standard InChI is InChI=1S/C36H75N.C14H28O2.CH2O2/c1-6-11-14-15-18-22-27-32-36(34-37(9-4)10-5)33-28-23-20-17-16-19-21-26-31-35(29-24-12-7-2)30-25-13-8-3;1-3-5-7-9-14(10-8-6-4-2)11-12-16-13-15;2-1-3/h35-36H,6-34H2,1-5H3;13-14H,3-12H2,1-2H3;1H,(H,2,3). The van der Waals surface area contributed by atoms with Crippen LogP contribution in [0.3, 0.4) is 0 Å². The Morgan fingerprint density at radius 3 is 0.946 bits per heavy atom. The van der Waals surface area contributed by atoms with Crippen LogP contribution in [-0.4, -0.2) is 49.2 Å². The molecule has 0 aliphatic heterocycles. The molecule has 0 rings (SSSR count). The molecule has 1 unspecified atom stereocenters. The highest BCUT2D eigenvalue weighted by molar-refractivity contribution is 5.36. The number of unbranched alkanes of at least 4 members (excludes halogenated alkanes) is 21. The molecule has 0 aromatic heterocycles. The fourth-order valence-electron chi connectivity index (χ4n) is 8.37. The van der Waals surface area contributed by atoms with Crippen molar-refractivity contribution in [1.29, 1.82) is 0 Å². The molecule has 0 aromatic rings. The molecule has 1 N–H and O–H groups in total. The Bertz CT molecular complexity index is 679. The van der Waals surface area contributed by atoms with Gasteiger partial charge in [-0.2, -0.15) is 0 Å². The molecule has 0 aliphatic rings. The molecule has 0 spiro atoms. The third-order valence-corrected chi connectivity index (χ3v) is 12.2. The average molecular weight is 796 g/mol. The topological polar surface area (TPSA) is 66.8 Å². The molecular formula is C51H105NO4. The number of rotatable bonds is 43. The molecule has 0 saturated heterocycles. The Morgan fingerprint density at radius 2 is 0.643 bits per heavy atom. The van der Waals surface area contributed by atoms with Crippen molar-refractivity contribution in [1.82, 2.24) is 4.90 Å². The van der Waals surface area contributed by atoms with Crippen LogP contribution < -0.4 is 0 Å². The minimum absolute atomic E-state index is 0.250. The van der Waals surface area contributed by atoms with E-state index in [4.69, 9.17) is 14.6 Å². The van der Waals surface area contributed by atoms with Gasteiger partial charge in [-0.25, -0.2) is 0 Å². The minimum atomic E-state index is -0.250. The highest BCUT2D eigenvalue weighted by Crippen LogP contribution is 2.25. The fourth-order valence-corrected chi connectivity index (χ4v) is 8.37. The predicted octanol–water partition coefficient (Wildman–Crippen LogP) is 16.8. The van der Waals surface area contributed by atoms with Crippen LogP contribution in [0.25, 0.3) is 0 Å². The second-order valence-electron chi connectivity index (χ2n) is 17.2. The van der Waals surface area contributed by atoms with Gasteiger partial charge in [0.1, 0.15) is 0 Å². The molecule has 1 atom stereocenters. The summed E-state index contributed by atoms with van der Waals surface area (Å²) in [6.07, 6.45) is 49.6. The summed E-state index contributed by atoms with van der Waals surface area (Å²) in [7, 11) is 0. The van der Waals surface area contributed by atoms with E-state index >= 15 is 0 Å². The van der Waals surface area contributed by atoms with Crippen LogP contribution in [-0.2, 0) is 14.3 Å². The minimum Gasteiger partial charge on any atom is -0.483 e. The molecule has 0 fully saturated rings. The number of hydrogen-bond donors (Lipinski definition) is 1. The van der Waals surface area contributed by atoms with Gasteiger partial charge >= 0.3 is 0 Å². The lowest BCUT2D eigenvalue weighted by Crippen LogP contribution is -2.29. The van der Waals surface area contributed by atoms with Crippen LogP contribution in [0.5, 0.6) is 0 Å². The normalized spacial score (nSPS) is 11.7. The summed E-state index contributed by atoms with van der Waals surface area (Å²) in [4.78, 5) is 21.1. The van der Waals surface area contributed by atoms with Gasteiger partial charge in [0.05, 0.1) is 6.61 Å². The maximum absolute atomic E-state index is 10.1. The zero-order chi connectivity index (χ0) is 42.0. The smallest absolute Gasteiger partial charge is 0.293 e. The summed E-state index contributed by atoms with van der Waals surface area (Å²) in [5.74, 6) is 2.74. The number of carbonyl (C=O) groups is 2. The van der Waals surface area contributed by atoms with E-state index in [-0.39, 0.29) is 6.47 Å². The number of carbonyl (C=O) groups excluding carboxylic acids is 1. The van der Waals surface area contributed by atoms with E-state index < -0.39 is 0 Å². The Labute approximate surface area is 353 Å². The first-order valence-corrected chi connectivity index (χ1v) is 25.3. The number of nitrogens with zero attached hydrogens (tertiary/aromatic N) is 1. The summed E-state index contributed by atoms with van der Waals surface area (Å²) in [6.45, 7) is 20.9. The van der Waals surface area contributed by atoms with Gasteiger partial charge in [-0.3, -0.25) is 9.59 Å². The molecule has 0 saturated carbocycles. The van der Waals surface area contributed by atoms with Gasteiger partial charge in [0.25, 0.3) is 12.9 Å². The Morgan fingerprint density at radius 1 is 0.393 bits per heavy atom. The SMILES string of the molecule is CCCCCC(CCCCC)CCOC=O.CCCCCCCCCC(CCCCCCCCCCC(CCCCC)CCCCC)CN(CC)CC.O=CO. The van der Waals surface area contributed by atoms with Gasteiger partial charge in [-0.15, -0.1) is 0 Å². The molecule has 0 bridgehead atoms. The number of carboxylic acid groups (broad SMARTS) is 1. The van der Waals surface area contributed by atoms with Gasteiger partial charge in [0.2, 0.25) is 0 Å². The second-order valence-corrected chi connectivity index (χ2v) is 17.2. The van der Waals surface area contributed by atoms with Gasteiger partial charge in [0, 0.05) is 6.54 Å². The van der Waals surface area contributed by atoms with Gasteiger partial charge < -0.3 is 14.7 Å². The summed E-state index contributed by atoms with van der Waals surface area (Å²) in [5.41, 5.74) is 0. The first-order valence-electron chi connectivity index (χ1n) is 25.3. The van der Waals surface area contributed by atoms with Crippen molar-refractivity contribution in [3.63, 3.8) is 0 Å². The van der Waals surface area contributed by atoms with E-state index in [2.05, 4.69) is 53.4 Å². The van der Waals surface area contributed by atoms with Crippen LogP contribution in [0, 0.1) is 17.8 Å². The largest absolute Gasteiger partial charge is 0.483 e. The highest BCUT2D eigenvalue weighted by Gasteiger charge is 2.13. The number of hydrogen-bond acceptors (Lipinski definition) is 4. The van der Waals surface area contributed by atoms with E-state index in [0.717, 1.165) is 24.2 Å². The van der Waals surface area contributed by atoms with Crippen molar-refractivity contribution in [3.8, 4) is 0 Å². The summed E-state index contributed by atoms with van der Waals surface area (Å²) >= 11 is 0. The van der Waals surface area contributed by atoms with E-state index in [1.165, 1.54) is 238 Å². The second kappa shape index (κ2) is 53.9. The van der Waals surface area contributed by atoms with Crippen LogP contribution in [0.2, 0.25) is 0 Å². The Kier molecular flexibility index (Phi) is 57.0. The quantitative estimate of drug-likeness (QED) is 0.0492. The molecule has 56 heavy (non-hydrogen) atoms. The molecule has 5 nitrogen and oxygen atoms in total. The molecule has 0 heterocycles. The van der Waals surface area contributed by atoms with Crippen LogP contribution in [0.15, 0.2) is 0 Å². The van der Waals surface area contributed by atoms with Crippen molar-refractivity contribution >= 4 is 12.9 Å². The van der Waals surface area contributed by atoms with Gasteiger partial charge in [0.15, 0.2) is 0 Å². The first-order chi connectivity index (χ1) is 27.5. The fraction of sp³-hybridized carbons (Fsp3) is 0.961. The van der Waals surface area contributed by atoms with Crippen LogP contribution in [0.4, 0.5) is 0 Å². The van der Waals surface area contributed by atoms with Crippen molar-refractivity contribution in [2.45, 2.75) is 273 Å². The van der Waals surface area contributed by atoms with E-state index in [9.17, 15) is 4.79 Å². The van der Waals surface area contributed by atoms with E-state index in [0.29, 0.717) is 13.1 Å². The third kappa shape index (κ3) is 49.0. The van der Waals surface area contributed by atoms with Crippen LogP contribution >= 0.6 is 0 Å². The third-order valence-electron chi connectivity index (χ3n) is 12.2. The lowest BCUT2D eigenvalue weighted by Gasteiger charge is -2.25. The molecule has 0 radical (unpaired) electrons. The predicted molar refractivity (Wildman–Crippen MR) is 249 cm³/mol. The molecule has 338 valence electrons. The summed E-state index contributed by atoms with van der Waals surface area (Å²) < 4.78 is 4.80. The van der Waals surface area contributed by atoms with Crippen molar-refractivity contribution in [2.24, 2.45) is 17.8 Å². The van der Waals surface area contributed by atoms with E-state index in [1.807, 2.05) is 0 Å². The van der Waals surface area contributed by atoms with Crippen molar-refractivity contribution in [2.75, 3.05) is 26.2 Å². The number of ether oxygens (including phenoxy) is 1. The maximum Gasteiger partial charge on any atom is 0.293 e. The average Bonchev–Trinajstić information content (AvgIpc) is 3.20. The van der Waals surface area contributed by atoms with E-state index in [1.54, 1.807) is 0 Å². The molecule has 0 aliphatic carbocycles. The molecule has 0 amide bonds. The maximum atomic E-state index is 10.1. The van der Waals surface area contributed by atoms with Crippen molar-refractivity contribution < 1.29 is 19.4 Å². The van der Waals surface area contributed by atoms with Crippen LogP contribution in [0.1, 0.15) is 273 Å². The summed E-state index contributed by atoms with van der Waals surface area (Å²) in [6, 6.07) is 0. The Balaban J connectivity index is -0.00000122. The molecular weight excluding hydrogens is 691 g/mol. The lowest BCUT2D eigenvalue weighted by atomic mass is 9.90. The molecule has 5 heteroatoms. The Hall–Kier alpha value is -1.10. The highest BCUT2D eigenvalue weighted by atomic mass is 16.5.